The van der Waals surface area contributed by atoms with Crippen molar-refractivity contribution >= 4 is 5.97 Å². The highest BCUT2D eigenvalue weighted by molar-refractivity contribution is 5.70. The van der Waals surface area contributed by atoms with Gasteiger partial charge >= 0.3 is 5.97 Å². The molecule has 0 fully saturated rings. The number of ether oxygens (including phenoxy) is 2. The summed E-state index contributed by atoms with van der Waals surface area (Å²) in [5.41, 5.74) is 5.14. The van der Waals surface area contributed by atoms with Gasteiger partial charge in [0.1, 0.15) is 5.60 Å². The van der Waals surface area contributed by atoms with E-state index in [2.05, 4.69) is 0 Å². The molecule has 0 unspecified atom stereocenters. The second-order valence-corrected chi connectivity index (χ2v) is 4.01. The Morgan fingerprint density at radius 3 is 2.38 bits per heavy atom. The minimum absolute atomic E-state index is 0.200. The number of esters is 1. The quantitative estimate of drug-likeness (QED) is 0.661. The molecule has 0 rings (SSSR count). The lowest BCUT2D eigenvalue weighted by molar-refractivity contribution is -0.155. The van der Waals surface area contributed by atoms with E-state index in [1.807, 2.05) is 20.8 Å². The predicted molar refractivity (Wildman–Crippen MR) is 50.3 cm³/mol. The van der Waals surface area contributed by atoms with Gasteiger partial charge in [0.2, 0.25) is 0 Å². The number of methoxy groups -OCH3 is 1. The first-order chi connectivity index (χ1) is 5.85. The minimum Gasteiger partial charge on any atom is -0.460 e. The fourth-order valence-corrected chi connectivity index (χ4v) is 0.870. The molecule has 4 nitrogen and oxygen atoms in total. The molecule has 2 N–H and O–H groups in total. The number of nitrogens with two attached hydrogens (primary N) is 1. The third-order valence-electron chi connectivity index (χ3n) is 1.23. The van der Waals surface area contributed by atoms with Crippen molar-refractivity contribution < 1.29 is 14.3 Å². The van der Waals surface area contributed by atoms with Crippen LogP contribution in [0, 0.1) is 0 Å². The van der Waals surface area contributed by atoms with E-state index in [-0.39, 0.29) is 18.4 Å². The van der Waals surface area contributed by atoms with Gasteiger partial charge in [-0.3, -0.25) is 4.79 Å². The number of hydrogen-bond acceptors (Lipinski definition) is 4. The normalized spacial score (nSPS) is 13.9. The number of hydrogen-bond donors (Lipinski definition) is 1. The molecule has 0 saturated carbocycles. The zero-order valence-corrected chi connectivity index (χ0v) is 8.79. The van der Waals surface area contributed by atoms with Crippen LogP contribution >= 0.6 is 0 Å². The number of carbonyl (C=O) groups excluding carboxylic acids is 1. The fourth-order valence-electron chi connectivity index (χ4n) is 0.870. The summed E-state index contributed by atoms with van der Waals surface area (Å²) in [5.74, 6) is -0.281. The van der Waals surface area contributed by atoms with E-state index in [9.17, 15) is 4.79 Å². The highest BCUT2D eigenvalue weighted by atomic mass is 16.6. The molecule has 0 radical (unpaired) electrons. The van der Waals surface area contributed by atoms with Crippen molar-refractivity contribution in [2.24, 2.45) is 5.73 Å². The van der Waals surface area contributed by atoms with Crippen LogP contribution in [0.15, 0.2) is 0 Å². The molecule has 1 atom stereocenters. The van der Waals surface area contributed by atoms with Gasteiger partial charge < -0.3 is 15.2 Å². The van der Waals surface area contributed by atoms with Crippen LogP contribution in [0.1, 0.15) is 27.2 Å². The van der Waals surface area contributed by atoms with E-state index in [0.717, 1.165) is 0 Å². The summed E-state index contributed by atoms with van der Waals surface area (Å²) >= 11 is 0. The molecule has 0 aromatic rings. The van der Waals surface area contributed by atoms with Crippen molar-refractivity contribution in [1.82, 2.24) is 0 Å². The Balaban J connectivity index is 3.74. The molecule has 0 amide bonds. The Labute approximate surface area is 79.4 Å². The number of carbonyl (C=O) groups is 1. The molecule has 0 aromatic carbocycles. The Hall–Kier alpha value is -0.610. The second-order valence-electron chi connectivity index (χ2n) is 4.01. The summed E-state index contributed by atoms with van der Waals surface area (Å²) in [6.07, 6.45) is 0.200. The lowest BCUT2D eigenvalue weighted by atomic mass is 10.2. The maximum absolute atomic E-state index is 11.2. The van der Waals surface area contributed by atoms with Crippen molar-refractivity contribution in [2.45, 2.75) is 38.8 Å². The van der Waals surface area contributed by atoms with E-state index in [1.54, 1.807) is 7.11 Å². The first kappa shape index (κ1) is 12.4. The van der Waals surface area contributed by atoms with Gasteiger partial charge in [0.05, 0.1) is 13.0 Å². The molecule has 0 saturated heterocycles. The molecular formula is C9H19NO3. The molecule has 0 aliphatic carbocycles. The molecule has 0 bridgehead atoms. The molecule has 78 valence electrons. The second kappa shape index (κ2) is 5.19. The lowest BCUT2D eigenvalue weighted by Crippen LogP contribution is -2.32. The van der Waals surface area contributed by atoms with E-state index in [1.165, 1.54) is 0 Å². The van der Waals surface area contributed by atoms with Crippen LogP contribution in [0.25, 0.3) is 0 Å². The molecular weight excluding hydrogens is 170 g/mol. The molecule has 0 aliphatic rings. The average Bonchev–Trinajstić information content (AvgIpc) is 1.81. The van der Waals surface area contributed by atoms with E-state index in [4.69, 9.17) is 15.2 Å². The standard InChI is InChI=1S/C9H19NO3/c1-9(2,3)13-8(11)5-7(10)6-12-4/h7H,5-6,10H2,1-4H3/t7-/m0/s1. The van der Waals surface area contributed by atoms with Crippen molar-refractivity contribution in [3.63, 3.8) is 0 Å². The van der Waals surface area contributed by atoms with Crippen LogP contribution < -0.4 is 5.73 Å². The van der Waals surface area contributed by atoms with Gasteiger partial charge in [-0.2, -0.15) is 0 Å². The summed E-state index contributed by atoms with van der Waals surface area (Å²) in [7, 11) is 1.55. The summed E-state index contributed by atoms with van der Waals surface area (Å²) in [5, 5.41) is 0. The SMILES string of the molecule is COC[C@@H](N)CC(=O)OC(C)(C)C. The zero-order valence-electron chi connectivity index (χ0n) is 8.79. The third-order valence-corrected chi connectivity index (χ3v) is 1.23. The van der Waals surface area contributed by atoms with Gasteiger partial charge in [0.15, 0.2) is 0 Å². The largest absolute Gasteiger partial charge is 0.460 e. The van der Waals surface area contributed by atoms with Crippen LogP contribution in [0.3, 0.4) is 0 Å². The van der Waals surface area contributed by atoms with Gasteiger partial charge in [-0.15, -0.1) is 0 Å². The molecule has 0 aromatic heterocycles. The number of rotatable bonds is 4. The Bertz CT molecular complexity index is 163. The topological polar surface area (TPSA) is 61.5 Å². The van der Waals surface area contributed by atoms with Crippen LogP contribution in [-0.2, 0) is 14.3 Å². The Morgan fingerprint density at radius 1 is 1.46 bits per heavy atom. The van der Waals surface area contributed by atoms with Gasteiger partial charge in [-0.1, -0.05) is 0 Å². The first-order valence-corrected chi connectivity index (χ1v) is 4.31. The van der Waals surface area contributed by atoms with Crippen molar-refractivity contribution in [1.29, 1.82) is 0 Å². The van der Waals surface area contributed by atoms with Crippen LogP contribution in [-0.4, -0.2) is 31.3 Å². The zero-order chi connectivity index (χ0) is 10.5. The molecule has 4 heteroatoms. The maximum atomic E-state index is 11.2. The van der Waals surface area contributed by atoms with Crippen LogP contribution in [0.2, 0.25) is 0 Å². The minimum atomic E-state index is -0.441. The van der Waals surface area contributed by atoms with E-state index >= 15 is 0 Å². The summed E-state index contributed by atoms with van der Waals surface area (Å²) in [6, 6.07) is -0.278. The molecule has 0 spiro atoms. The summed E-state index contributed by atoms with van der Waals surface area (Å²) in [6.45, 7) is 5.85. The Morgan fingerprint density at radius 2 is 2.00 bits per heavy atom. The summed E-state index contributed by atoms with van der Waals surface area (Å²) < 4.78 is 9.88. The van der Waals surface area contributed by atoms with Gasteiger partial charge in [-0.05, 0) is 20.8 Å². The first-order valence-electron chi connectivity index (χ1n) is 4.31. The average molecular weight is 189 g/mol. The molecule has 13 heavy (non-hydrogen) atoms. The fraction of sp³-hybridized carbons (Fsp3) is 0.889. The Kier molecular flexibility index (Phi) is 4.95. The monoisotopic (exact) mass is 189 g/mol. The maximum Gasteiger partial charge on any atom is 0.307 e. The van der Waals surface area contributed by atoms with E-state index < -0.39 is 5.60 Å². The highest BCUT2D eigenvalue weighted by Gasteiger charge is 2.18. The third kappa shape index (κ3) is 7.74. The summed E-state index contributed by atoms with van der Waals surface area (Å²) in [4.78, 5) is 11.2. The van der Waals surface area contributed by atoms with Crippen LogP contribution in [0.5, 0.6) is 0 Å². The van der Waals surface area contributed by atoms with Gasteiger partial charge in [0.25, 0.3) is 0 Å². The molecule has 0 aliphatic heterocycles. The molecule has 0 heterocycles. The van der Waals surface area contributed by atoms with Crippen molar-refractivity contribution in [3.05, 3.63) is 0 Å². The predicted octanol–water partition coefficient (Wildman–Crippen LogP) is 0.692. The van der Waals surface area contributed by atoms with Gasteiger partial charge in [0, 0.05) is 13.2 Å². The van der Waals surface area contributed by atoms with Gasteiger partial charge in [-0.25, -0.2) is 0 Å². The van der Waals surface area contributed by atoms with Crippen molar-refractivity contribution in [2.75, 3.05) is 13.7 Å². The van der Waals surface area contributed by atoms with Crippen LogP contribution in [0.4, 0.5) is 0 Å². The van der Waals surface area contributed by atoms with E-state index in [0.29, 0.717) is 6.61 Å². The van der Waals surface area contributed by atoms with Crippen molar-refractivity contribution in [3.8, 4) is 0 Å². The highest BCUT2D eigenvalue weighted by Crippen LogP contribution is 2.08. The lowest BCUT2D eigenvalue weighted by Gasteiger charge is -2.20. The smallest absolute Gasteiger partial charge is 0.307 e.